The van der Waals surface area contributed by atoms with Crippen LogP contribution in [0.3, 0.4) is 0 Å². The summed E-state index contributed by atoms with van der Waals surface area (Å²) in [5.74, 6) is 5.55. The summed E-state index contributed by atoms with van der Waals surface area (Å²) in [5, 5.41) is 1.94. The molecule has 2 saturated heterocycles. The molecule has 0 nitrogen and oxygen atoms in total. The van der Waals surface area contributed by atoms with E-state index in [-0.39, 0.29) is 0 Å². The van der Waals surface area contributed by atoms with Gasteiger partial charge >= 0.3 is 0 Å². The zero-order chi connectivity index (χ0) is 10.7. The van der Waals surface area contributed by atoms with Gasteiger partial charge < -0.3 is 0 Å². The molecule has 15 heavy (non-hydrogen) atoms. The van der Waals surface area contributed by atoms with Crippen molar-refractivity contribution in [2.45, 2.75) is 33.5 Å². The van der Waals surface area contributed by atoms with Crippen molar-refractivity contribution in [3.63, 3.8) is 0 Å². The van der Waals surface area contributed by atoms with Crippen molar-refractivity contribution in [1.82, 2.24) is 0 Å². The van der Waals surface area contributed by atoms with E-state index >= 15 is 0 Å². The van der Waals surface area contributed by atoms with Gasteiger partial charge in [-0.2, -0.15) is 23.5 Å². The summed E-state index contributed by atoms with van der Waals surface area (Å²) < 4.78 is 1.56. The molecule has 0 aromatic rings. The number of hydrogen-bond donors (Lipinski definition) is 0. The quantitative estimate of drug-likeness (QED) is 0.511. The van der Waals surface area contributed by atoms with Gasteiger partial charge in [0.25, 0.3) is 0 Å². The van der Waals surface area contributed by atoms with Crippen LogP contribution in [0.25, 0.3) is 0 Å². The summed E-state index contributed by atoms with van der Waals surface area (Å²) in [6.07, 6.45) is 0. The van der Waals surface area contributed by atoms with E-state index in [4.69, 9.17) is 0 Å². The van der Waals surface area contributed by atoms with Crippen molar-refractivity contribution in [2.24, 2.45) is 0 Å². The Labute approximate surface area is 115 Å². The van der Waals surface area contributed by atoms with E-state index in [1.54, 1.807) is 0 Å². The highest BCUT2D eigenvalue weighted by Crippen LogP contribution is 2.41. The molecule has 2 fully saturated rings. The van der Waals surface area contributed by atoms with Crippen LogP contribution in [-0.2, 0) is 0 Å². The maximum atomic E-state index is 2.38. The zero-order valence-electron chi connectivity index (χ0n) is 9.18. The van der Waals surface area contributed by atoms with Crippen molar-refractivity contribution in [2.75, 3.05) is 23.0 Å². The molecule has 0 amide bonds. The SMILES string of the molecule is CC(SCC1CS1)SC(C)SC1CSC1. The smallest absolute Gasteiger partial charge is 0.0488 e. The Kier molecular flexibility index (Phi) is 5.82. The molecule has 3 unspecified atom stereocenters. The van der Waals surface area contributed by atoms with Crippen LogP contribution in [0.4, 0.5) is 0 Å². The fourth-order valence-electron chi connectivity index (χ4n) is 1.31. The largest absolute Gasteiger partial charge is 0.160 e. The molecular formula is C10H18S5. The van der Waals surface area contributed by atoms with Gasteiger partial charge in [0.2, 0.25) is 0 Å². The molecule has 0 spiro atoms. The zero-order valence-corrected chi connectivity index (χ0v) is 13.3. The van der Waals surface area contributed by atoms with Crippen LogP contribution < -0.4 is 0 Å². The Morgan fingerprint density at radius 2 is 1.93 bits per heavy atom. The van der Waals surface area contributed by atoms with Crippen molar-refractivity contribution >= 4 is 58.8 Å². The predicted molar refractivity (Wildman–Crippen MR) is 83.9 cm³/mol. The first-order valence-corrected chi connectivity index (χ1v) is 10.5. The highest BCUT2D eigenvalue weighted by atomic mass is 32.2. The third-order valence-electron chi connectivity index (χ3n) is 2.29. The first kappa shape index (κ1) is 13.2. The van der Waals surface area contributed by atoms with E-state index in [0.717, 1.165) is 19.7 Å². The van der Waals surface area contributed by atoms with Gasteiger partial charge in [0.15, 0.2) is 0 Å². The molecule has 0 aromatic carbocycles. The summed E-state index contributed by atoms with van der Waals surface area (Å²) in [6, 6.07) is 0. The number of thioether (sulfide) groups is 5. The molecule has 0 N–H and O–H groups in total. The molecule has 0 aliphatic carbocycles. The fourth-order valence-corrected chi connectivity index (χ4v) is 8.14. The molecule has 0 radical (unpaired) electrons. The van der Waals surface area contributed by atoms with Crippen LogP contribution in [0.2, 0.25) is 0 Å². The van der Waals surface area contributed by atoms with E-state index in [1.807, 2.05) is 0 Å². The second-order valence-corrected chi connectivity index (χ2v) is 11.6. The summed E-state index contributed by atoms with van der Waals surface area (Å²) in [4.78, 5) is 0. The fraction of sp³-hybridized carbons (Fsp3) is 1.00. The van der Waals surface area contributed by atoms with Crippen molar-refractivity contribution in [3.8, 4) is 0 Å². The molecule has 0 aromatic heterocycles. The first-order valence-electron chi connectivity index (χ1n) is 5.36. The predicted octanol–water partition coefficient (Wildman–Crippen LogP) is 4.11. The van der Waals surface area contributed by atoms with Gasteiger partial charge in [-0.3, -0.25) is 0 Å². The van der Waals surface area contributed by atoms with Crippen LogP contribution in [-0.4, -0.2) is 42.7 Å². The molecule has 3 atom stereocenters. The van der Waals surface area contributed by atoms with Crippen molar-refractivity contribution in [3.05, 3.63) is 0 Å². The van der Waals surface area contributed by atoms with Crippen LogP contribution in [0, 0.1) is 0 Å². The monoisotopic (exact) mass is 298 g/mol. The van der Waals surface area contributed by atoms with Crippen molar-refractivity contribution < 1.29 is 0 Å². The highest BCUT2D eigenvalue weighted by molar-refractivity contribution is 8.25. The summed E-state index contributed by atoms with van der Waals surface area (Å²) >= 11 is 10.7. The highest BCUT2D eigenvalue weighted by Gasteiger charge is 2.25. The Morgan fingerprint density at radius 1 is 1.20 bits per heavy atom. The molecule has 0 saturated carbocycles. The number of hydrogen-bond acceptors (Lipinski definition) is 5. The van der Waals surface area contributed by atoms with Gasteiger partial charge in [0.1, 0.15) is 0 Å². The summed E-state index contributed by atoms with van der Waals surface area (Å²) in [7, 11) is 0. The van der Waals surface area contributed by atoms with Gasteiger partial charge in [-0.15, -0.1) is 35.3 Å². The topological polar surface area (TPSA) is 0 Å². The van der Waals surface area contributed by atoms with Gasteiger partial charge in [-0.25, -0.2) is 0 Å². The Balaban J connectivity index is 1.52. The molecule has 2 aliphatic heterocycles. The Morgan fingerprint density at radius 3 is 2.47 bits per heavy atom. The molecule has 88 valence electrons. The first-order chi connectivity index (χ1) is 7.24. The van der Waals surface area contributed by atoms with Gasteiger partial charge in [-0.1, -0.05) is 0 Å². The summed E-state index contributed by atoms with van der Waals surface area (Å²) in [6.45, 7) is 4.75. The van der Waals surface area contributed by atoms with Gasteiger partial charge in [-0.05, 0) is 13.8 Å². The number of rotatable bonds is 7. The normalized spacial score (nSPS) is 29.6. The average Bonchev–Trinajstić information content (AvgIpc) is 2.91. The minimum Gasteiger partial charge on any atom is -0.160 e. The third kappa shape index (κ3) is 5.28. The lowest BCUT2D eigenvalue weighted by Gasteiger charge is -2.27. The lowest BCUT2D eigenvalue weighted by molar-refractivity contribution is 1.08. The summed E-state index contributed by atoms with van der Waals surface area (Å²) in [5.41, 5.74) is 0. The van der Waals surface area contributed by atoms with Crippen LogP contribution in [0.15, 0.2) is 0 Å². The molecule has 2 aliphatic rings. The molecule has 5 heteroatoms. The standard InChI is InChI=1S/C10H18S5/c1-7(12-5-9-6-13-9)14-8(2)15-10-3-11-4-10/h7-10H,3-6H2,1-2H3. The molecule has 2 rings (SSSR count). The molecule has 0 bridgehead atoms. The second-order valence-electron chi connectivity index (χ2n) is 3.86. The van der Waals surface area contributed by atoms with E-state index in [2.05, 4.69) is 72.7 Å². The van der Waals surface area contributed by atoms with E-state index in [1.165, 1.54) is 23.0 Å². The van der Waals surface area contributed by atoms with E-state index in [9.17, 15) is 0 Å². The van der Waals surface area contributed by atoms with Crippen LogP contribution in [0.5, 0.6) is 0 Å². The average molecular weight is 299 g/mol. The van der Waals surface area contributed by atoms with Gasteiger partial charge in [0, 0.05) is 42.7 Å². The van der Waals surface area contributed by atoms with Crippen LogP contribution in [0.1, 0.15) is 13.8 Å². The molecule has 2 heterocycles. The molecular weight excluding hydrogens is 280 g/mol. The van der Waals surface area contributed by atoms with Gasteiger partial charge in [0.05, 0.1) is 0 Å². The third-order valence-corrected chi connectivity index (χ3v) is 9.52. The minimum absolute atomic E-state index is 0.779. The van der Waals surface area contributed by atoms with Crippen LogP contribution >= 0.6 is 58.8 Å². The lowest BCUT2D eigenvalue weighted by atomic mass is 10.5. The van der Waals surface area contributed by atoms with E-state index < -0.39 is 0 Å². The maximum Gasteiger partial charge on any atom is 0.0488 e. The van der Waals surface area contributed by atoms with Crippen molar-refractivity contribution in [1.29, 1.82) is 0 Å². The van der Waals surface area contributed by atoms with E-state index in [0.29, 0.717) is 0 Å². The minimum atomic E-state index is 0.779. The maximum absolute atomic E-state index is 2.38. The Bertz CT molecular complexity index is 190. The second kappa shape index (κ2) is 6.62. The lowest BCUT2D eigenvalue weighted by Crippen LogP contribution is -2.22. The Hall–Kier alpha value is 1.75.